The second kappa shape index (κ2) is 5.00. The van der Waals surface area contributed by atoms with E-state index >= 15 is 0 Å². The highest BCUT2D eigenvalue weighted by Gasteiger charge is 2.13. The van der Waals surface area contributed by atoms with Gasteiger partial charge in [-0.3, -0.25) is 0 Å². The molecule has 0 unspecified atom stereocenters. The number of fused-ring (bicyclic) bond motifs is 1. The number of hydrogen-bond acceptors (Lipinski definition) is 2. The molecule has 3 nitrogen and oxygen atoms in total. The van der Waals surface area contributed by atoms with E-state index in [1.165, 1.54) is 11.1 Å². The topological polar surface area (TPSA) is 43.8 Å². The molecule has 0 aliphatic rings. The first-order valence-corrected chi connectivity index (χ1v) is 6.95. The summed E-state index contributed by atoms with van der Waals surface area (Å²) in [6, 6.07) is 16.7. The van der Waals surface area contributed by atoms with Gasteiger partial charge >= 0.3 is 0 Å². The van der Waals surface area contributed by atoms with E-state index in [1.807, 2.05) is 18.2 Å². The van der Waals surface area contributed by atoms with E-state index in [-0.39, 0.29) is 0 Å². The zero-order chi connectivity index (χ0) is 14.1. The van der Waals surface area contributed by atoms with Crippen molar-refractivity contribution in [1.29, 1.82) is 0 Å². The molecule has 1 aromatic heterocycles. The van der Waals surface area contributed by atoms with Gasteiger partial charge in [-0.25, -0.2) is 4.98 Å². The maximum Gasteiger partial charge on any atom is 0.114 e. The van der Waals surface area contributed by atoms with Crippen LogP contribution in [-0.4, -0.2) is 9.55 Å². The Bertz CT molecular complexity index is 724. The number of para-hydroxylation sites is 2. The summed E-state index contributed by atoms with van der Waals surface area (Å²) in [5.41, 5.74) is 10.0. The summed E-state index contributed by atoms with van der Waals surface area (Å²) < 4.78 is 2.31. The molecule has 0 saturated carbocycles. The van der Waals surface area contributed by atoms with E-state index in [4.69, 9.17) is 10.7 Å². The summed E-state index contributed by atoms with van der Waals surface area (Å²) in [6.45, 7) is 4.39. The van der Waals surface area contributed by atoms with Crippen LogP contribution in [0, 0.1) is 0 Å². The normalized spacial score (nSPS) is 11.3. The fourth-order valence-electron chi connectivity index (χ4n) is 2.61. The van der Waals surface area contributed by atoms with Gasteiger partial charge in [0.2, 0.25) is 0 Å². The van der Waals surface area contributed by atoms with Crippen LogP contribution in [-0.2, 0) is 6.42 Å². The lowest BCUT2D eigenvalue weighted by Gasteiger charge is -2.13. The lowest BCUT2D eigenvalue weighted by molar-refractivity contribution is 0.591. The molecule has 3 aromatic rings. The van der Waals surface area contributed by atoms with E-state index in [9.17, 15) is 0 Å². The van der Waals surface area contributed by atoms with Crippen LogP contribution in [0.4, 0.5) is 5.69 Å². The maximum atomic E-state index is 5.74. The molecule has 0 aliphatic heterocycles. The largest absolute Gasteiger partial charge is 0.399 e. The first-order valence-electron chi connectivity index (χ1n) is 6.95. The Labute approximate surface area is 119 Å². The minimum atomic E-state index is 0.395. The molecule has 0 amide bonds. The highest BCUT2D eigenvalue weighted by molar-refractivity contribution is 5.76. The highest BCUT2D eigenvalue weighted by atomic mass is 15.1. The smallest absolute Gasteiger partial charge is 0.114 e. The number of benzene rings is 2. The fourth-order valence-corrected chi connectivity index (χ4v) is 2.61. The third-order valence-electron chi connectivity index (χ3n) is 3.53. The van der Waals surface area contributed by atoms with Crippen LogP contribution in [0.5, 0.6) is 0 Å². The van der Waals surface area contributed by atoms with E-state index in [0.29, 0.717) is 6.04 Å². The summed E-state index contributed by atoms with van der Waals surface area (Å²) in [7, 11) is 0. The van der Waals surface area contributed by atoms with E-state index in [1.54, 1.807) is 0 Å². The van der Waals surface area contributed by atoms with Gasteiger partial charge in [0, 0.05) is 18.2 Å². The summed E-state index contributed by atoms with van der Waals surface area (Å²) in [5, 5.41) is 0. The molecular formula is C17H19N3. The number of imidazole rings is 1. The standard InChI is InChI=1S/C17H19N3/c1-12(2)20-16-6-4-3-5-15(16)19-17(20)11-13-7-9-14(18)10-8-13/h3-10,12H,11,18H2,1-2H3. The monoisotopic (exact) mass is 265 g/mol. The highest BCUT2D eigenvalue weighted by Crippen LogP contribution is 2.23. The molecule has 0 atom stereocenters. The van der Waals surface area contributed by atoms with Crippen molar-refractivity contribution < 1.29 is 0 Å². The number of nitrogen functional groups attached to an aromatic ring is 1. The zero-order valence-electron chi connectivity index (χ0n) is 11.9. The molecule has 0 bridgehead atoms. The van der Waals surface area contributed by atoms with E-state index < -0.39 is 0 Å². The zero-order valence-corrected chi connectivity index (χ0v) is 11.9. The average Bonchev–Trinajstić information content (AvgIpc) is 2.79. The Hall–Kier alpha value is -2.29. The molecule has 0 saturated heterocycles. The van der Waals surface area contributed by atoms with Crippen LogP contribution < -0.4 is 5.73 Å². The van der Waals surface area contributed by atoms with Crippen molar-refractivity contribution in [3.8, 4) is 0 Å². The summed E-state index contributed by atoms with van der Waals surface area (Å²) in [5.74, 6) is 1.10. The summed E-state index contributed by atoms with van der Waals surface area (Å²) in [4.78, 5) is 4.78. The first-order chi connectivity index (χ1) is 9.65. The summed E-state index contributed by atoms with van der Waals surface area (Å²) >= 11 is 0. The quantitative estimate of drug-likeness (QED) is 0.732. The predicted molar refractivity (Wildman–Crippen MR) is 83.8 cm³/mol. The van der Waals surface area contributed by atoms with E-state index in [2.05, 4.69) is 48.7 Å². The Morgan fingerprint density at radius 3 is 2.45 bits per heavy atom. The van der Waals surface area contributed by atoms with Crippen molar-refractivity contribution in [3.63, 3.8) is 0 Å². The van der Waals surface area contributed by atoms with Crippen molar-refractivity contribution in [2.24, 2.45) is 0 Å². The predicted octanol–water partition coefficient (Wildman–Crippen LogP) is 3.79. The molecule has 3 heteroatoms. The minimum absolute atomic E-state index is 0.395. The number of aromatic nitrogens is 2. The maximum absolute atomic E-state index is 5.74. The molecule has 102 valence electrons. The molecule has 0 aliphatic carbocycles. The molecule has 20 heavy (non-hydrogen) atoms. The SMILES string of the molecule is CC(C)n1c(Cc2ccc(N)cc2)nc2ccccc21. The average molecular weight is 265 g/mol. The van der Waals surface area contributed by atoms with Gasteiger partial charge in [-0.1, -0.05) is 24.3 Å². The van der Waals surface area contributed by atoms with Crippen LogP contribution in [0.15, 0.2) is 48.5 Å². The first kappa shape index (κ1) is 12.7. The molecule has 1 heterocycles. The van der Waals surface area contributed by atoms with Gasteiger partial charge in [0.05, 0.1) is 11.0 Å². The number of nitrogens with two attached hydrogens (primary N) is 1. The molecule has 0 spiro atoms. The van der Waals surface area contributed by atoms with Gasteiger partial charge in [-0.15, -0.1) is 0 Å². The lowest BCUT2D eigenvalue weighted by atomic mass is 10.1. The fraction of sp³-hybridized carbons (Fsp3) is 0.235. The summed E-state index contributed by atoms with van der Waals surface area (Å²) in [6.07, 6.45) is 0.827. The van der Waals surface area contributed by atoms with Crippen LogP contribution >= 0.6 is 0 Å². The Morgan fingerprint density at radius 1 is 1.05 bits per heavy atom. The Balaban J connectivity index is 2.06. The number of anilines is 1. The van der Waals surface area contributed by atoms with Gasteiger partial charge in [0.15, 0.2) is 0 Å². The molecule has 2 N–H and O–H groups in total. The van der Waals surface area contributed by atoms with Gasteiger partial charge < -0.3 is 10.3 Å². The van der Waals surface area contributed by atoms with Crippen LogP contribution in [0.3, 0.4) is 0 Å². The van der Waals surface area contributed by atoms with Crippen molar-refractivity contribution in [2.75, 3.05) is 5.73 Å². The van der Waals surface area contributed by atoms with Crippen LogP contribution in [0.25, 0.3) is 11.0 Å². The molecule has 3 rings (SSSR count). The third kappa shape index (κ3) is 2.27. The number of rotatable bonds is 3. The van der Waals surface area contributed by atoms with Crippen molar-refractivity contribution in [3.05, 3.63) is 59.9 Å². The van der Waals surface area contributed by atoms with Crippen molar-refractivity contribution in [2.45, 2.75) is 26.3 Å². The van der Waals surface area contributed by atoms with Crippen molar-refractivity contribution >= 4 is 16.7 Å². The van der Waals surface area contributed by atoms with E-state index in [0.717, 1.165) is 23.4 Å². The molecule has 0 fully saturated rings. The van der Waals surface area contributed by atoms with Crippen molar-refractivity contribution in [1.82, 2.24) is 9.55 Å². The molecule has 2 aromatic carbocycles. The van der Waals surface area contributed by atoms with Gasteiger partial charge in [-0.2, -0.15) is 0 Å². The third-order valence-corrected chi connectivity index (χ3v) is 3.53. The second-order valence-electron chi connectivity index (χ2n) is 5.40. The number of nitrogens with zero attached hydrogens (tertiary/aromatic N) is 2. The number of hydrogen-bond donors (Lipinski definition) is 1. The van der Waals surface area contributed by atoms with Gasteiger partial charge in [0.25, 0.3) is 0 Å². The Morgan fingerprint density at radius 2 is 1.75 bits per heavy atom. The van der Waals surface area contributed by atoms with Gasteiger partial charge in [0.1, 0.15) is 5.82 Å². The van der Waals surface area contributed by atoms with Crippen LogP contribution in [0.1, 0.15) is 31.3 Å². The molecule has 0 radical (unpaired) electrons. The Kier molecular flexibility index (Phi) is 3.18. The lowest BCUT2D eigenvalue weighted by Crippen LogP contribution is -2.07. The van der Waals surface area contributed by atoms with Gasteiger partial charge in [-0.05, 0) is 43.7 Å². The van der Waals surface area contributed by atoms with Crippen LogP contribution in [0.2, 0.25) is 0 Å². The minimum Gasteiger partial charge on any atom is -0.399 e. The second-order valence-corrected chi connectivity index (χ2v) is 5.40. The molecular weight excluding hydrogens is 246 g/mol.